The number of hydrogen-bond acceptors (Lipinski definition) is 4. The van der Waals surface area contributed by atoms with Crippen LogP contribution in [0.4, 0.5) is 0 Å². The minimum atomic E-state index is -0.530. The Kier molecular flexibility index (Phi) is 6.72. The van der Waals surface area contributed by atoms with E-state index in [1.54, 1.807) is 31.3 Å². The van der Waals surface area contributed by atoms with E-state index < -0.39 is 6.04 Å². The van der Waals surface area contributed by atoms with Crippen LogP contribution in [0.25, 0.3) is 0 Å². The molecule has 0 bridgehead atoms. The van der Waals surface area contributed by atoms with Crippen LogP contribution < -0.4 is 5.73 Å². The molecule has 0 saturated carbocycles. The zero-order chi connectivity index (χ0) is 16.3. The largest absolute Gasteiger partial charge is 0.343 e. The number of nitrogens with zero attached hydrogens (tertiary/aromatic N) is 2. The Bertz CT molecular complexity index is 571. The highest BCUT2D eigenvalue weighted by Gasteiger charge is 2.35. The quantitative estimate of drug-likeness (QED) is 0.791. The first-order valence-corrected chi connectivity index (χ1v) is 7.43. The predicted molar refractivity (Wildman–Crippen MR) is 89.6 cm³/mol. The molecule has 1 atom stereocenters. The Balaban J connectivity index is 0.00000264. The van der Waals surface area contributed by atoms with Crippen LogP contribution in [-0.4, -0.2) is 53.7 Å². The van der Waals surface area contributed by atoms with E-state index in [-0.39, 0.29) is 43.2 Å². The second kappa shape index (κ2) is 8.08. The Labute approximate surface area is 142 Å². The Morgan fingerprint density at radius 3 is 2.22 bits per heavy atom. The Hall–Kier alpha value is -1.92. The molecule has 1 aliphatic rings. The fourth-order valence-corrected chi connectivity index (χ4v) is 2.52. The lowest BCUT2D eigenvalue weighted by molar-refractivity contribution is -0.131. The van der Waals surface area contributed by atoms with Gasteiger partial charge in [0.25, 0.3) is 11.8 Å². The van der Waals surface area contributed by atoms with Crippen LogP contribution in [-0.2, 0) is 4.79 Å². The molecule has 1 aromatic rings. The molecule has 7 heteroatoms. The maximum Gasteiger partial charge on any atom is 0.261 e. The molecule has 1 aromatic carbocycles. The van der Waals surface area contributed by atoms with Crippen molar-refractivity contribution in [2.24, 2.45) is 5.73 Å². The summed E-state index contributed by atoms with van der Waals surface area (Å²) in [5, 5.41) is 0. The topological polar surface area (TPSA) is 83.7 Å². The Morgan fingerprint density at radius 2 is 1.74 bits per heavy atom. The summed E-state index contributed by atoms with van der Waals surface area (Å²) in [5.74, 6) is -0.780. The van der Waals surface area contributed by atoms with Gasteiger partial charge in [-0.2, -0.15) is 0 Å². The summed E-state index contributed by atoms with van der Waals surface area (Å²) in [4.78, 5) is 39.1. The molecular weight excluding hydrogens is 318 g/mol. The molecule has 126 valence electrons. The number of halogens is 1. The number of rotatable bonds is 6. The highest BCUT2D eigenvalue weighted by atomic mass is 35.5. The van der Waals surface area contributed by atoms with Gasteiger partial charge in [-0.15, -0.1) is 12.4 Å². The zero-order valence-corrected chi connectivity index (χ0v) is 14.1. The number of carbonyl (C=O) groups is 3. The van der Waals surface area contributed by atoms with E-state index in [0.717, 1.165) is 6.42 Å². The average molecular weight is 340 g/mol. The third-order valence-corrected chi connectivity index (χ3v) is 3.83. The van der Waals surface area contributed by atoms with E-state index in [0.29, 0.717) is 17.5 Å². The van der Waals surface area contributed by atoms with Gasteiger partial charge in [0, 0.05) is 20.1 Å². The third-order valence-electron chi connectivity index (χ3n) is 3.83. The molecule has 0 fully saturated rings. The molecule has 6 nitrogen and oxygen atoms in total. The minimum Gasteiger partial charge on any atom is -0.343 e. The lowest BCUT2D eigenvalue weighted by atomic mass is 10.1. The fraction of sp³-hybridized carbons (Fsp3) is 0.438. The summed E-state index contributed by atoms with van der Waals surface area (Å²) in [6, 6.07) is 6.21. The molecule has 1 heterocycles. The number of benzene rings is 1. The SMILES string of the molecule is CCCC(N)C(=O)N(C)CCN1C(=O)c2ccccc2C1=O.Cl. The lowest BCUT2D eigenvalue weighted by Gasteiger charge is -2.23. The summed E-state index contributed by atoms with van der Waals surface area (Å²) in [6.45, 7) is 2.42. The van der Waals surface area contributed by atoms with Gasteiger partial charge in [-0.25, -0.2) is 0 Å². The van der Waals surface area contributed by atoms with Gasteiger partial charge in [0.2, 0.25) is 5.91 Å². The van der Waals surface area contributed by atoms with Gasteiger partial charge in [0.1, 0.15) is 0 Å². The van der Waals surface area contributed by atoms with E-state index >= 15 is 0 Å². The smallest absolute Gasteiger partial charge is 0.261 e. The maximum absolute atomic E-state index is 12.2. The van der Waals surface area contributed by atoms with E-state index in [4.69, 9.17) is 5.73 Å². The van der Waals surface area contributed by atoms with Crippen LogP contribution in [0.3, 0.4) is 0 Å². The molecule has 3 amide bonds. The van der Waals surface area contributed by atoms with Gasteiger partial charge in [0.05, 0.1) is 17.2 Å². The summed E-state index contributed by atoms with van der Waals surface area (Å²) in [5.41, 5.74) is 6.64. The van der Waals surface area contributed by atoms with E-state index in [9.17, 15) is 14.4 Å². The minimum absolute atomic E-state index is 0. The predicted octanol–water partition coefficient (Wildman–Crippen LogP) is 1.29. The first-order chi connectivity index (χ1) is 10.5. The van der Waals surface area contributed by atoms with Crippen LogP contribution in [0.1, 0.15) is 40.5 Å². The van der Waals surface area contributed by atoms with Crippen LogP contribution in [0.15, 0.2) is 24.3 Å². The molecule has 1 unspecified atom stereocenters. The fourth-order valence-electron chi connectivity index (χ4n) is 2.52. The van der Waals surface area contributed by atoms with Crippen LogP contribution in [0.2, 0.25) is 0 Å². The van der Waals surface area contributed by atoms with Crippen molar-refractivity contribution in [3.05, 3.63) is 35.4 Å². The molecule has 1 aliphatic heterocycles. The van der Waals surface area contributed by atoms with Gasteiger partial charge in [-0.3, -0.25) is 19.3 Å². The molecule has 2 rings (SSSR count). The van der Waals surface area contributed by atoms with Gasteiger partial charge < -0.3 is 10.6 Å². The second-order valence-corrected chi connectivity index (χ2v) is 5.46. The van der Waals surface area contributed by atoms with Crippen molar-refractivity contribution in [1.82, 2.24) is 9.80 Å². The standard InChI is InChI=1S/C16H21N3O3.ClH/c1-3-6-13(17)16(22)18(2)9-10-19-14(20)11-7-4-5-8-12(11)15(19)21;/h4-5,7-8,13H,3,6,9-10,17H2,1-2H3;1H. The Morgan fingerprint density at radius 1 is 1.22 bits per heavy atom. The molecule has 23 heavy (non-hydrogen) atoms. The number of imide groups is 1. The highest BCUT2D eigenvalue weighted by molar-refractivity contribution is 6.21. The number of fused-ring (bicyclic) bond motifs is 1. The number of carbonyl (C=O) groups excluding carboxylic acids is 3. The van der Waals surface area contributed by atoms with Crippen LogP contribution >= 0.6 is 12.4 Å². The van der Waals surface area contributed by atoms with Gasteiger partial charge >= 0.3 is 0 Å². The monoisotopic (exact) mass is 339 g/mol. The summed E-state index contributed by atoms with van der Waals surface area (Å²) in [6.07, 6.45) is 1.45. The molecule has 0 aromatic heterocycles. The van der Waals surface area contributed by atoms with Gasteiger partial charge in [0.15, 0.2) is 0 Å². The first-order valence-electron chi connectivity index (χ1n) is 7.43. The van der Waals surface area contributed by atoms with Gasteiger partial charge in [-0.1, -0.05) is 25.5 Å². The van der Waals surface area contributed by atoms with E-state index in [2.05, 4.69) is 0 Å². The lowest BCUT2D eigenvalue weighted by Crippen LogP contribution is -2.45. The summed E-state index contributed by atoms with van der Waals surface area (Å²) < 4.78 is 0. The molecule has 0 saturated heterocycles. The molecule has 0 radical (unpaired) electrons. The van der Waals surface area contributed by atoms with E-state index in [1.165, 1.54) is 9.80 Å². The second-order valence-electron chi connectivity index (χ2n) is 5.46. The molecule has 0 aliphatic carbocycles. The van der Waals surface area contributed by atoms with Crippen molar-refractivity contribution in [3.63, 3.8) is 0 Å². The number of hydrogen-bond donors (Lipinski definition) is 1. The first kappa shape index (κ1) is 19.1. The van der Waals surface area contributed by atoms with Gasteiger partial charge in [-0.05, 0) is 18.6 Å². The third kappa shape index (κ3) is 3.89. The summed E-state index contributed by atoms with van der Waals surface area (Å²) in [7, 11) is 1.63. The highest BCUT2D eigenvalue weighted by Crippen LogP contribution is 2.21. The van der Waals surface area contributed by atoms with Crippen molar-refractivity contribution < 1.29 is 14.4 Å². The van der Waals surface area contributed by atoms with Crippen molar-refractivity contribution in [3.8, 4) is 0 Å². The zero-order valence-electron chi connectivity index (χ0n) is 13.3. The van der Waals surface area contributed by atoms with Crippen molar-refractivity contribution in [2.75, 3.05) is 20.1 Å². The van der Waals surface area contributed by atoms with Crippen molar-refractivity contribution >= 4 is 30.1 Å². The number of amides is 3. The number of likely N-dealkylation sites (N-methyl/N-ethyl adjacent to an activating group) is 1. The van der Waals surface area contributed by atoms with Crippen molar-refractivity contribution in [1.29, 1.82) is 0 Å². The van der Waals surface area contributed by atoms with Crippen molar-refractivity contribution in [2.45, 2.75) is 25.8 Å². The molecule has 2 N–H and O–H groups in total. The van der Waals surface area contributed by atoms with E-state index in [1.807, 2.05) is 6.92 Å². The number of nitrogens with two attached hydrogens (primary N) is 1. The molecule has 0 spiro atoms. The molecular formula is C16H22ClN3O3. The van der Waals surface area contributed by atoms with Crippen LogP contribution in [0, 0.1) is 0 Å². The van der Waals surface area contributed by atoms with Crippen LogP contribution in [0.5, 0.6) is 0 Å². The normalized spacial score (nSPS) is 14.3. The average Bonchev–Trinajstić information content (AvgIpc) is 2.76. The maximum atomic E-state index is 12.2. The summed E-state index contributed by atoms with van der Waals surface area (Å²) >= 11 is 0.